The van der Waals surface area contributed by atoms with Gasteiger partial charge >= 0.3 is 5.97 Å². The van der Waals surface area contributed by atoms with Crippen molar-refractivity contribution in [1.82, 2.24) is 0 Å². The van der Waals surface area contributed by atoms with Crippen molar-refractivity contribution in [2.24, 2.45) is 0 Å². The number of carbonyl (C=O) groups is 2. The number of esters is 1. The Balaban J connectivity index is 1.61. The third kappa shape index (κ3) is 4.05. The predicted molar refractivity (Wildman–Crippen MR) is 115 cm³/mol. The minimum atomic E-state index is -0.620. The zero-order valence-corrected chi connectivity index (χ0v) is 17.6. The van der Waals surface area contributed by atoms with Crippen LogP contribution in [0.5, 0.6) is 23.0 Å². The Morgan fingerprint density at radius 1 is 1.00 bits per heavy atom. The van der Waals surface area contributed by atoms with Crippen molar-refractivity contribution in [1.29, 1.82) is 0 Å². The van der Waals surface area contributed by atoms with E-state index < -0.39 is 11.8 Å². The summed E-state index contributed by atoms with van der Waals surface area (Å²) < 4.78 is 35.1. The first-order valence-electron chi connectivity index (χ1n) is 9.68. The molecule has 0 saturated heterocycles. The van der Waals surface area contributed by atoms with Crippen LogP contribution in [0, 0.1) is 12.7 Å². The van der Waals surface area contributed by atoms with Gasteiger partial charge in [-0.1, -0.05) is 12.1 Å². The Labute approximate surface area is 183 Å². The second-order valence-electron chi connectivity index (χ2n) is 7.05. The van der Waals surface area contributed by atoms with E-state index in [2.05, 4.69) is 0 Å². The second kappa shape index (κ2) is 8.55. The second-order valence-corrected chi connectivity index (χ2v) is 7.05. The fourth-order valence-electron chi connectivity index (χ4n) is 3.31. The van der Waals surface area contributed by atoms with Gasteiger partial charge in [-0.3, -0.25) is 4.79 Å². The molecule has 0 N–H and O–H groups in total. The molecule has 3 aromatic carbocycles. The minimum Gasteiger partial charge on any atom is -0.497 e. The highest BCUT2D eigenvalue weighted by Gasteiger charge is 2.30. The SMILES string of the molecule is COc1cc(OC)cc(C(=O)Oc2ccc3c(c2C)O/C(=C\c2cccc(F)c2)C3=O)c1. The monoisotopic (exact) mass is 434 g/mol. The summed E-state index contributed by atoms with van der Waals surface area (Å²) in [7, 11) is 2.97. The molecule has 32 heavy (non-hydrogen) atoms. The van der Waals surface area contributed by atoms with Crippen LogP contribution in [0.25, 0.3) is 6.08 Å². The number of Topliss-reactive ketones (excluding diaryl/α,β-unsaturated/α-hetero) is 1. The van der Waals surface area contributed by atoms with E-state index in [9.17, 15) is 14.0 Å². The van der Waals surface area contributed by atoms with Crippen molar-refractivity contribution in [3.63, 3.8) is 0 Å². The molecular formula is C25H19FO6. The lowest BCUT2D eigenvalue weighted by molar-refractivity contribution is 0.0732. The van der Waals surface area contributed by atoms with Crippen molar-refractivity contribution in [2.75, 3.05) is 14.2 Å². The van der Waals surface area contributed by atoms with Crippen LogP contribution in [0.1, 0.15) is 31.8 Å². The molecule has 0 aromatic heterocycles. The number of benzene rings is 3. The third-order valence-electron chi connectivity index (χ3n) is 4.97. The van der Waals surface area contributed by atoms with Gasteiger partial charge in [0.1, 0.15) is 28.8 Å². The predicted octanol–water partition coefficient (Wildman–Crippen LogP) is 4.99. The van der Waals surface area contributed by atoms with Crippen LogP contribution >= 0.6 is 0 Å². The van der Waals surface area contributed by atoms with Crippen molar-refractivity contribution >= 4 is 17.8 Å². The summed E-state index contributed by atoms with van der Waals surface area (Å²) in [6, 6.07) is 13.6. The Bertz CT molecular complexity index is 1240. The van der Waals surface area contributed by atoms with E-state index in [4.69, 9.17) is 18.9 Å². The number of fused-ring (bicyclic) bond motifs is 1. The summed E-state index contributed by atoms with van der Waals surface area (Å²) in [5.74, 6) is 0.136. The zero-order chi connectivity index (χ0) is 22.8. The largest absolute Gasteiger partial charge is 0.497 e. The normalized spacial score (nSPS) is 13.5. The number of hydrogen-bond donors (Lipinski definition) is 0. The Morgan fingerprint density at radius 2 is 1.72 bits per heavy atom. The van der Waals surface area contributed by atoms with Gasteiger partial charge in [0.05, 0.1) is 25.3 Å². The maximum absolute atomic E-state index is 13.5. The maximum atomic E-state index is 13.5. The van der Waals surface area contributed by atoms with Crippen LogP contribution in [-0.2, 0) is 0 Å². The summed E-state index contributed by atoms with van der Waals surface area (Å²) in [6.07, 6.45) is 1.47. The molecule has 1 heterocycles. The van der Waals surface area contributed by atoms with Crippen LogP contribution in [0.15, 0.2) is 60.4 Å². The summed E-state index contributed by atoms with van der Waals surface area (Å²) in [5.41, 5.74) is 1.57. The molecule has 0 unspecified atom stereocenters. The highest BCUT2D eigenvalue weighted by molar-refractivity contribution is 6.15. The zero-order valence-electron chi connectivity index (χ0n) is 17.6. The molecule has 0 amide bonds. The molecule has 6 nitrogen and oxygen atoms in total. The fourth-order valence-corrected chi connectivity index (χ4v) is 3.31. The molecule has 0 fully saturated rings. The van der Waals surface area contributed by atoms with E-state index in [-0.39, 0.29) is 22.9 Å². The molecule has 4 rings (SSSR count). The number of ketones is 1. The van der Waals surface area contributed by atoms with Crippen molar-refractivity contribution in [3.05, 3.63) is 88.4 Å². The van der Waals surface area contributed by atoms with Crippen LogP contribution < -0.4 is 18.9 Å². The summed E-state index contributed by atoms with van der Waals surface area (Å²) in [4.78, 5) is 25.4. The van der Waals surface area contributed by atoms with Gasteiger partial charge in [0.15, 0.2) is 5.76 Å². The molecule has 0 spiro atoms. The molecule has 0 saturated carbocycles. The standard InChI is InChI=1S/C25H19FO6/c1-14-21(32-25(28)16-11-18(29-2)13-19(12-16)30-3)8-7-20-23(27)22(31-24(14)20)10-15-5-4-6-17(26)9-15/h4-13H,1-3H3/b22-10-. The number of hydrogen-bond acceptors (Lipinski definition) is 6. The quantitative estimate of drug-likeness (QED) is 0.320. The van der Waals surface area contributed by atoms with Gasteiger partial charge in [-0.2, -0.15) is 0 Å². The van der Waals surface area contributed by atoms with E-state index in [1.54, 1.807) is 25.1 Å². The molecule has 0 radical (unpaired) electrons. The Hall–Kier alpha value is -4.13. The summed E-state index contributed by atoms with van der Waals surface area (Å²) in [5, 5.41) is 0. The van der Waals surface area contributed by atoms with Crippen LogP contribution in [0.2, 0.25) is 0 Å². The molecule has 1 aliphatic rings. The topological polar surface area (TPSA) is 71.1 Å². The van der Waals surface area contributed by atoms with Crippen LogP contribution in [0.4, 0.5) is 4.39 Å². The summed E-state index contributed by atoms with van der Waals surface area (Å²) in [6.45, 7) is 1.69. The highest BCUT2D eigenvalue weighted by Crippen LogP contribution is 2.39. The van der Waals surface area contributed by atoms with Crippen molar-refractivity contribution in [2.45, 2.75) is 6.92 Å². The van der Waals surface area contributed by atoms with Crippen molar-refractivity contribution < 1.29 is 32.9 Å². The highest BCUT2D eigenvalue weighted by atomic mass is 19.1. The molecular weight excluding hydrogens is 415 g/mol. The lowest BCUT2D eigenvalue weighted by atomic mass is 10.1. The van der Waals surface area contributed by atoms with Crippen LogP contribution in [-0.4, -0.2) is 26.0 Å². The first kappa shape index (κ1) is 21.1. The van der Waals surface area contributed by atoms with Crippen molar-refractivity contribution in [3.8, 4) is 23.0 Å². The fraction of sp³-hybridized carbons (Fsp3) is 0.120. The molecule has 0 atom stereocenters. The number of allylic oxidation sites excluding steroid dienone is 1. The van der Waals surface area contributed by atoms with Gasteiger partial charge < -0.3 is 18.9 Å². The Kier molecular flexibility index (Phi) is 5.64. The van der Waals surface area contributed by atoms with Gasteiger partial charge in [0.2, 0.25) is 5.78 Å². The van der Waals surface area contributed by atoms with E-state index in [1.165, 1.54) is 56.7 Å². The molecule has 162 valence electrons. The lowest BCUT2D eigenvalue weighted by Crippen LogP contribution is -2.10. The maximum Gasteiger partial charge on any atom is 0.343 e. The van der Waals surface area contributed by atoms with E-state index in [0.29, 0.717) is 33.9 Å². The average molecular weight is 434 g/mol. The van der Waals surface area contributed by atoms with E-state index in [0.717, 1.165) is 0 Å². The van der Waals surface area contributed by atoms with Gasteiger partial charge in [0, 0.05) is 11.6 Å². The minimum absolute atomic E-state index is 0.0645. The van der Waals surface area contributed by atoms with Gasteiger partial charge in [-0.25, -0.2) is 9.18 Å². The molecule has 3 aromatic rings. The molecule has 0 aliphatic carbocycles. The molecule has 0 bridgehead atoms. The number of ether oxygens (including phenoxy) is 4. The number of methoxy groups -OCH3 is 2. The van der Waals surface area contributed by atoms with E-state index in [1.807, 2.05) is 0 Å². The Morgan fingerprint density at radius 3 is 2.38 bits per heavy atom. The van der Waals surface area contributed by atoms with Gasteiger partial charge in [0.25, 0.3) is 0 Å². The van der Waals surface area contributed by atoms with Gasteiger partial charge in [-0.05, 0) is 55.0 Å². The first-order chi connectivity index (χ1) is 15.4. The lowest BCUT2D eigenvalue weighted by Gasteiger charge is -2.11. The number of halogens is 1. The number of carbonyl (C=O) groups excluding carboxylic acids is 2. The summed E-state index contributed by atoms with van der Waals surface area (Å²) >= 11 is 0. The average Bonchev–Trinajstić information content (AvgIpc) is 3.11. The van der Waals surface area contributed by atoms with Crippen LogP contribution in [0.3, 0.4) is 0 Å². The first-order valence-corrected chi connectivity index (χ1v) is 9.68. The molecule has 1 aliphatic heterocycles. The van der Waals surface area contributed by atoms with Gasteiger partial charge in [-0.15, -0.1) is 0 Å². The smallest absolute Gasteiger partial charge is 0.343 e. The third-order valence-corrected chi connectivity index (χ3v) is 4.97. The number of rotatable bonds is 5. The molecule has 7 heteroatoms. The van der Waals surface area contributed by atoms with E-state index >= 15 is 0 Å².